The van der Waals surface area contributed by atoms with Gasteiger partial charge in [0.1, 0.15) is 5.75 Å². The van der Waals surface area contributed by atoms with Gasteiger partial charge in [0.2, 0.25) is 5.91 Å². The summed E-state index contributed by atoms with van der Waals surface area (Å²) in [5, 5.41) is 0.0346. The molecule has 7 heteroatoms. The van der Waals surface area contributed by atoms with Crippen LogP contribution in [0.2, 0.25) is 5.02 Å². The van der Waals surface area contributed by atoms with Crippen molar-refractivity contribution in [2.24, 2.45) is 0 Å². The van der Waals surface area contributed by atoms with E-state index in [2.05, 4.69) is 0 Å². The fraction of sp³-hybridized carbons (Fsp3) is 0.417. The van der Waals surface area contributed by atoms with Crippen LogP contribution in [-0.2, 0) is 14.6 Å². The summed E-state index contributed by atoms with van der Waals surface area (Å²) in [6.45, 7) is 4.54. The van der Waals surface area contributed by atoms with E-state index >= 15 is 0 Å². The van der Waals surface area contributed by atoms with Crippen LogP contribution in [0, 0.1) is 0 Å². The zero-order chi connectivity index (χ0) is 14.6. The van der Waals surface area contributed by atoms with E-state index in [0.717, 1.165) is 0 Å². The highest BCUT2D eigenvalue weighted by atomic mass is 35.5. The third kappa shape index (κ3) is 3.84. The first kappa shape index (κ1) is 15.8. The Kier molecular flexibility index (Phi) is 5.20. The van der Waals surface area contributed by atoms with E-state index in [1.54, 1.807) is 13.8 Å². The highest BCUT2D eigenvalue weighted by Crippen LogP contribution is 2.24. The van der Waals surface area contributed by atoms with Crippen LogP contribution in [0.3, 0.4) is 0 Å². The summed E-state index contributed by atoms with van der Waals surface area (Å²) in [5.41, 5.74) is 5.88. The number of benzene rings is 1. The summed E-state index contributed by atoms with van der Waals surface area (Å²) >= 11 is 5.86. The lowest BCUT2D eigenvalue weighted by molar-refractivity contribution is -0.128. The smallest absolute Gasteiger partial charge is 0.238 e. The van der Waals surface area contributed by atoms with Crippen LogP contribution in [0.25, 0.3) is 0 Å². The summed E-state index contributed by atoms with van der Waals surface area (Å²) in [7, 11) is -3.75. The lowest BCUT2D eigenvalue weighted by Crippen LogP contribution is -2.35. The van der Waals surface area contributed by atoms with Gasteiger partial charge in [-0.05, 0) is 32.0 Å². The normalized spacial score (nSPS) is 11.3. The largest absolute Gasteiger partial charge is 0.399 e. The van der Waals surface area contributed by atoms with Gasteiger partial charge in [-0.15, -0.1) is 0 Å². The molecule has 0 heterocycles. The quantitative estimate of drug-likeness (QED) is 0.837. The number of carbonyl (C=O) groups excluding carboxylic acids is 1. The molecule has 1 aromatic carbocycles. The fourth-order valence-electron chi connectivity index (χ4n) is 1.68. The molecule has 1 amide bonds. The molecule has 19 heavy (non-hydrogen) atoms. The lowest BCUT2D eigenvalue weighted by Gasteiger charge is -2.18. The molecule has 5 nitrogen and oxygen atoms in total. The first-order valence-corrected chi connectivity index (χ1v) is 7.90. The van der Waals surface area contributed by atoms with Crippen molar-refractivity contribution >= 4 is 33.0 Å². The molecule has 0 aliphatic heterocycles. The minimum Gasteiger partial charge on any atom is -0.399 e. The standard InChI is InChI=1S/C12H17ClN2O3S/c1-3-15(4-2)12(16)8-19(17,18)11-6-5-9(14)7-10(11)13/h5-7H,3-4,8,14H2,1-2H3. The second-order valence-electron chi connectivity index (χ2n) is 4.01. The number of nitrogens with zero attached hydrogens (tertiary/aromatic N) is 1. The predicted molar refractivity (Wildman–Crippen MR) is 75.8 cm³/mol. The number of sulfone groups is 1. The van der Waals surface area contributed by atoms with Crippen LogP contribution < -0.4 is 5.73 Å². The molecule has 0 saturated heterocycles. The second kappa shape index (κ2) is 6.25. The van der Waals surface area contributed by atoms with Gasteiger partial charge in [-0.1, -0.05) is 11.6 Å². The van der Waals surface area contributed by atoms with Gasteiger partial charge in [0.05, 0.1) is 9.92 Å². The Morgan fingerprint density at radius 1 is 1.32 bits per heavy atom. The number of hydrogen-bond acceptors (Lipinski definition) is 4. The van der Waals surface area contributed by atoms with Crippen molar-refractivity contribution in [3.63, 3.8) is 0 Å². The molecule has 1 aromatic rings. The van der Waals surface area contributed by atoms with Gasteiger partial charge in [-0.3, -0.25) is 4.79 Å². The number of halogens is 1. The van der Waals surface area contributed by atoms with Crippen molar-refractivity contribution in [1.82, 2.24) is 4.90 Å². The van der Waals surface area contributed by atoms with E-state index in [9.17, 15) is 13.2 Å². The third-order valence-corrected chi connectivity index (χ3v) is 4.80. The van der Waals surface area contributed by atoms with Gasteiger partial charge >= 0.3 is 0 Å². The highest BCUT2D eigenvalue weighted by Gasteiger charge is 2.24. The van der Waals surface area contributed by atoms with Crippen LogP contribution in [0.4, 0.5) is 5.69 Å². The van der Waals surface area contributed by atoms with Crippen molar-refractivity contribution in [2.45, 2.75) is 18.7 Å². The van der Waals surface area contributed by atoms with Crippen molar-refractivity contribution in [3.8, 4) is 0 Å². The third-order valence-electron chi connectivity index (χ3n) is 2.72. The summed E-state index contributed by atoms with van der Waals surface area (Å²) in [5.74, 6) is -1.02. The predicted octanol–water partition coefficient (Wildman–Crippen LogP) is 1.56. The maximum atomic E-state index is 12.1. The first-order chi connectivity index (χ1) is 8.81. The van der Waals surface area contributed by atoms with Crippen molar-refractivity contribution < 1.29 is 13.2 Å². The Hall–Kier alpha value is -1.27. The average molecular weight is 305 g/mol. The zero-order valence-corrected chi connectivity index (χ0v) is 12.5. The number of hydrogen-bond donors (Lipinski definition) is 1. The number of nitrogens with two attached hydrogens (primary N) is 1. The number of amides is 1. The monoisotopic (exact) mass is 304 g/mol. The van der Waals surface area contributed by atoms with Crippen LogP contribution in [0.15, 0.2) is 23.1 Å². The zero-order valence-electron chi connectivity index (χ0n) is 10.9. The Morgan fingerprint density at radius 2 is 1.89 bits per heavy atom. The molecule has 0 aliphatic carbocycles. The molecule has 1 rings (SSSR count). The Bertz CT molecular complexity index is 568. The van der Waals surface area contributed by atoms with Gasteiger partial charge in [0.25, 0.3) is 0 Å². The molecule has 0 aliphatic rings. The van der Waals surface area contributed by atoms with Gasteiger partial charge in [0, 0.05) is 18.8 Å². The minimum atomic E-state index is -3.75. The van der Waals surface area contributed by atoms with Gasteiger partial charge in [0.15, 0.2) is 9.84 Å². The van der Waals surface area contributed by atoms with E-state index in [4.69, 9.17) is 17.3 Å². The maximum Gasteiger partial charge on any atom is 0.238 e. The molecular weight excluding hydrogens is 288 g/mol. The first-order valence-electron chi connectivity index (χ1n) is 5.87. The number of carbonyl (C=O) groups is 1. The SMILES string of the molecule is CCN(CC)C(=O)CS(=O)(=O)c1ccc(N)cc1Cl. The number of anilines is 1. The second-order valence-corrected chi connectivity index (χ2v) is 6.38. The van der Waals surface area contributed by atoms with Crippen LogP contribution in [0.5, 0.6) is 0 Å². The van der Waals surface area contributed by atoms with E-state index in [-0.39, 0.29) is 9.92 Å². The summed E-state index contributed by atoms with van der Waals surface area (Å²) < 4.78 is 24.3. The summed E-state index contributed by atoms with van der Waals surface area (Å²) in [6, 6.07) is 4.12. The Balaban J connectivity index is 3.02. The molecule has 0 unspecified atom stereocenters. The molecule has 106 valence electrons. The average Bonchev–Trinajstić information content (AvgIpc) is 2.29. The minimum absolute atomic E-state index is 0.0346. The van der Waals surface area contributed by atoms with Gasteiger partial charge in [-0.2, -0.15) is 0 Å². The molecule has 0 spiro atoms. The number of nitrogen functional groups attached to an aromatic ring is 1. The van der Waals surface area contributed by atoms with E-state index in [1.807, 2.05) is 0 Å². The van der Waals surface area contributed by atoms with Crippen molar-refractivity contribution in [1.29, 1.82) is 0 Å². The van der Waals surface area contributed by atoms with E-state index in [1.165, 1.54) is 23.1 Å². The molecule has 0 atom stereocenters. The molecule has 0 aromatic heterocycles. The van der Waals surface area contributed by atoms with Crippen LogP contribution in [-0.4, -0.2) is 38.1 Å². The van der Waals surface area contributed by atoms with Crippen molar-refractivity contribution in [3.05, 3.63) is 23.2 Å². The van der Waals surface area contributed by atoms with Gasteiger partial charge < -0.3 is 10.6 Å². The van der Waals surface area contributed by atoms with Gasteiger partial charge in [-0.25, -0.2) is 8.42 Å². The molecule has 2 N–H and O–H groups in total. The fourth-order valence-corrected chi connectivity index (χ4v) is 3.51. The Labute approximate surface area is 118 Å². The van der Waals surface area contributed by atoms with E-state index < -0.39 is 21.5 Å². The summed E-state index contributed by atoms with van der Waals surface area (Å²) in [4.78, 5) is 13.2. The molecular formula is C12H17ClN2O3S. The topological polar surface area (TPSA) is 80.5 Å². The van der Waals surface area contributed by atoms with Crippen molar-refractivity contribution in [2.75, 3.05) is 24.6 Å². The Morgan fingerprint density at radius 3 is 2.37 bits per heavy atom. The molecule has 0 saturated carbocycles. The number of rotatable bonds is 5. The van der Waals surface area contributed by atoms with Crippen LogP contribution >= 0.6 is 11.6 Å². The molecule has 0 bridgehead atoms. The molecule has 0 radical (unpaired) electrons. The highest BCUT2D eigenvalue weighted by molar-refractivity contribution is 7.92. The van der Waals surface area contributed by atoms with E-state index in [0.29, 0.717) is 18.8 Å². The van der Waals surface area contributed by atoms with Crippen LogP contribution in [0.1, 0.15) is 13.8 Å². The molecule has 0 fully saturated rings. The maximum absolute atomic E-state index is 12.1. The lowest BCUT2D eigenvalue weighted by atomic mass is 10.3. The summed E-state index contributed by atoms with van der Waals surface area (Å²) in [6.07, 6.45) is 0.